The van der Waals surface area contributed by atoms with Gasteiger partial charge in [0.25, 0.3) is 5.91 Å². The first-order valence-corrected chi connectivity index (χ1v) is 16.1. The average molecular weight is 616 g/mol. The third kappa shape index (κ3) is 8.43. The van der Waals surface area contributed by atoms with Crippen LogP contribution in [0.15, 0.2) is 145 Å². The Morgan fingerprint density at radius 2 is 1.05 bits per heavy atom. The molecule has 0 fully saturated rings. The number of nitrogens with one attached hydrogen (secondary N) is 1. The number of carbonyl (C=O) groups excluding carboxylic acids is 1. The van der Waals surface area contributed by atoms with E-state index < -0.39 is 17.5 Å². The van der Waals surface area contributed by atoms with E-state index >= 15 is 0 Å². The van der Waals surface area contributed by atoms with Crippen LogP contribution < -0.4 is 39.9 Å². The zero-order chi connectivity index (χ0) is 30.9. The fraction of sp³-hybridized carbons (Fsp3) is 0.0294. The Labute approximate surface area is 252 Å². The summed E-state index contributed by atoms with van der Waals surface area (Å²) in [4.78, 5) is 13.8. The number of hydrogen-bond acceptors (Lipinski definition) is 5. The Balaban J connectivity index is 0.000000782. The van der Waals surface area contributed by atoms with Crippen molar-refractivity contribution in [1.82, 2.24) is 5.32 Å². The van der Waals surface area contributed by atoms with Gasteiger partial charge in [-0.25, -0.2) is 23.0 Å². The van der Waals surface area contributed by atoms with Crippen molar-refractivity contribution in [3.63, 3.8) is 0 Å². The molecule has 0 heterocycles. The van der Waals surface area contributed by atoms with Gasteiger partial charge in [0, 0.05) is 11.6 Å². The van der Waals surface area contributed by atoms with E-state index in [9.17, 15) is 9.18 Å². The normalized spacial score (nSPS) is 11.7. The highest BCUT2D eigenvalue weighted by Gasteiger charge is 2.50. The van der Waals surface area contributed by atoms with Crippen LogP contribution in [0.5, 0.6) is 0 Å². The van der Waals surface area contributed by atoms with Crippen molar-refractivity contribution in [2.45, 2.75) is 6.92 Å². The van der Waals surface area contributed by atoms with E-state index in [1.807, 2.05) is 91.9 Å². The van der Waals surface area contributed by atoms with Crippen LogP contribution in [-0.2, 0) is 0 Å². The van der Waals surface area contributed by atoms with Crippen molar-refractivity contribution < 1.29 is 38.1 Å². The number of hydrogen-bond donors (Lipinski definition) is 1. The molecule has 0 saturated heterocycles. The summed E-state index contributed by atoms with van der Waals surface area (Å²) >= 11 is 0. The van der Waals surface area contributed by atoms with E-state index in [-0.39, 0.29) is 11.7 Å². The van der Waals surface area contributed by atoms with Gasteiger partial charge < -0.3 is 0 Å². The van der Waals surface area contributed by atoms with Gasteiger partial charge in [0.2, 0.25) is 0 Å². The molecular weight excluding hydrogens is 588 g/mol. The maximum Gasteiger partial charge on any atom is 0.258 e. The Hall–Kier alpha value is -4.20. The SMILES string of the molecule is Cc1ccc(C(=O)N/C(=C/c2ccc(F)cc2)[P+](c2ccccc2)(c2ccccc2)c2ccccc2)cc1.[O-][Cl+3]([O-])([O-])[O-]. The third-order valence-corrected chi connectivity index (χ3v) is 10.7. The van der Waals surface area contributed by atoms with E-state index in [4.69, 9.17) is 18.6 Å². The molecular formula is C34H28ClFNO5P. The van der Waals surface area contributed by atoms with Gasteiger partial charge in [-0.1, -0.05) is 84.4 Å². The van der Waals surface area contributed by atoms with Gasteiger partial charge in [-0.15, -0.1) is 10.2 Å². The second kappa shape index (κ2) is 14.3. The van der Waals surface area contributed by atoms with Crippen LogP contribution in [0.25, 0.3) is 6.08 Å². The highest BCUT2D eigenvalue weighted by molar-refractivity contribution is 7.99. The molecule has 43 heavy (non-hydrogen) atoms. The zero-order valence-electron chi connectivity index (χ0n) is 23.1. The molecule has 5 aromatic rings. The summed E-state index contributed by atoms with van der Waals surface area (Å²) in [6.45, 7) is 2.00. The molecule has 0 atom stereocenters. The fourth-order valence-corrected chi connectivity index (χ4v) is 8.85. The maximum atomic E-state index is 13.8. The average Bonchev–Trinajstić information content (AvgIpc) is 3.00. The topological polar surface area (TPSA) is 121 Å². The van der Waals surface area contributed by atoms with Crippen molar-refractivity contribution in [1.29, 1.82) is 0 Å². The van der Waals surface area contributed by atoms with Crippen molar-refractivity contribution in [2.75, 3.05) is 0 Å². The van der Waals surface area contributed by atoms with Crippen molar-refractivity contribution >= 4 is 35.2 Å². The number of rotatable bonds is 7. The molecule has 0 spiro atoms. The largest absolute Gasteiger partial charge is 0.292 e. The van der Waals surface area contributed by atoms with Crippen molar-refractivity contribution in [2.24, 2.45) is 0 Å². The summed E-state index contributed by atoms with van der Waals surface area (Å²) in [7, 11) is -7.53. The number of carbonyl (C=O) groups is 1. The molecule has 0 aliphatic heterocycles. The molecule has 0 radical (unpaired) electrons. The number of halogens is 2. The van der Waals surface area contributed by atoms with Crippen molar-refractivity contribution in [3.8, 4) is 0 Å². The van der Waals surface area contributed by atoms with E-state index in [2.05, 4.69) is 41.7 Å². The summed E-state index contributed by atoms with van der Waals surface area (Å²) in [6, 6.07) is 44.9. The minimum atomic E-state index is -4.94. The maximum absolute atomic E-state index is 13.8. The summed E-state index contributed by atoms with van der Waals surface area (Å²) in [5, 5.41) is 6.65. The molecule has 9 heteroatoms. The monoisotopic (exact) mass is 615 g/mol. The lowest BCUT2D eigenvalue weighted by Crippen LogP contribution is -2.68. The van der Waals surface area contributed by atoms with Gasteiger partial charge in [-0.2, -0.15) is 0 Å². The first kappa shape index (κ1) is 31.7. The molecule has 0 aliphatic carbocycles. The lowest BCUT2D eigenvalue weighted by Gasteiger charge is -2.29. The van der Waals surface area contributed by atoms with Gasteiger partial charge in [0.05, 0.1) is 0 Å². The second-order valence-corrected chi connectivity index (χ2v) is 13.6. The minimum Gasteiger partial charge on any atom is -0.292 e. The molecule has 6 nitrogen and oxygen atoms in total. The van der Waals surface area contributed by atoms with E-state index in [1.165, 1.54) is 12.1 Å². The highest BCUT2D eigenvalue weighted by atomic mass is 35.7. The van der Waals surface area contributed by atoms with Gasteiger partial charge in [0.15, 0.2) is 12.7 Å². The molecule has 0 saturated carbocycles. The number of amides is 1. The predicted molar refractivity (Wildman–Crippen MR) is 158 cm³/mol. The lowest BCUT2D eigenvalue weighted by molar-refractivity contribution is -2.00. The van der Waals surface area contributed by atoms with E-state index in [0.29, 0.717) is 5.56 Å². The van der Waals surface area contributed by atoms with Gasteiger partial charge in [0.1, 0.15) is 21.7 Å². The van der Waals surface area contributed by atoms with Gasteiger partial charge in [-0.05, 0) is 73.2 Å². The number of benzene rings is 5. The quantitative estimate of drug-likeness (QED) is 0.281. The zero-order valence-corrected chi connectivity index (χ0v) is 24.8. The van der Waals surface area contributed by atoms with Crippen LogP contribution in [0.3, 0.4) is 0 Å². The summed E-state index contributed by atoms with van der Waals surface area (Å²) in [6.07, 6.45) is 1.99. The fourth-order valence-electron chi connectivity index (χ4n) is 4.65. The predicted octanol–water partition coefficient (Wildman–Crippen LogP) is 2.10. The Morgan fingerprint density at radius 3 is 1.44 bits per heavy atom. The Morgan fingerprint density at radius 1 is 0.651 bits per heavy atom. The minimum absolute atomic E-state index is 0.189. The summed E-state index contributed by atoms with van der Waals surface area (Å²) < 4.78 is 47.8. The highest BCUT2D eigenvalue weighted by Crippen LogP contribution is 2.61. The van der Waals surface area contributed by atoms with Crippen LogP contribution in [-0.4, -0.2) is 5.91 Å². The second-order valence-electron chi connectivity index (χ2n) is 9.46. The number of aryl methyl sites for hydroxylation is 1. The first-order chi connectivity index (χ1) is 20.6. The molecule has 218 valence electrons. The summed E-state index contributed by atoms with van der Waals surface area (Å²) in [5.74, 6) is -0.492. The van der Waals surface area contributed by atoms with Crippen molar-refractivity contribution in [3.05, 3.63) is 167 Å². The molecule has 0 bridgehead atoms. The smallest absolute Gasteiger partial charge is 0.258 e. The molecule has 0 aromatic heterocycles. The molecule has 0 aliphatic rings. The first-order valence-electron chi connectivity index (χ1n) is 13.1. The molecule has 1 amide bonds. The van der Waals surface area contributed by atoms with Crippen LogP contribution >= 0.6 is 7.26 Å². The van der Waals surface area contributed by atoms with Crippen LogP contribution in [0.1, 0.15) is 21.5 Å². The summed E-state index contributed by atoms with van der Waals surface area (Å²) in [5.41, 5.74) is 3.24. The van der Waals surface area contributed by atoms with E-state index in [0.717, 1.165) is 32.5 Å². The molecule has 0 unspecified atom stereocenters. The molecule has 5 aromatic carbocycles. The Kier molecular flexibility index (Phi) is 10.6. The van der Waals surface area contributed by atoms with Gasteiger partial charge in [-0.3, -0.25) is 10.1 Å². The van der Waals surface area contributed by atoms with Crippen LogP contribution in [0.4, 0.5) is 4.39 Å². The van der Waals surface area contributed by atoms with Crippen LogP contribution in [0, 0.1) is 23.0 Å². The lowest BCUT2D eigenvalue weighted by atomic mass is 10.1. The van der Waals surface area contributed by atoms with Crippen LogP contribution in [0.2, 0.25) is 0 Å². The Bertz CT molecular complexity index is 1540. The molecule has 5 rings (SSSR count). The standard InChI is InChI=1S/C34H27FNOP.ClHO4/c1-26-17-21-28(22-18-26)34(37)36-33(25-27-19-23-29(35)24-20-27)38(30-11-5-2-6-12-30,31-13-7-3-8-14-31)32-15-9-4-10-16-32;2-1(3,4)5/h2-25H,1H3;(H,2,3,4,5)/b33-25-;. The third-order valence-electron chi connectivity index (χ3n) is 6.52. The van der Waals surface area contributed by atoms with Gasteiger partial charge >= 0.3 is 0 Å². The molecule has 1 N–H and O–H groups in total. The van der Waals surface area contributed by atoms with E-state index in [1.54, 1.807) is 12.1 Å².